The highest BCUT2D eigenvalue weighted by Gasteiger charge is 2.50. The molecule has 3 heterocycles. The van der Waals surface area contributed by atoms with Crippen molar-refractivity contribution in [2.45, 2.75) is 114 Å². The minimum Gasteiger partial charge on any atom is -0.459 e. The summed E-state index contributed by atoms with van der Waals surface area (Å²) < 4.78 is 43.6. The first-order valence-corrected chi connectivity index (χ1v) is 22.6. The average Bonchev–Trinajstić information content (AvgIpc) is 3.65. The van der Waals surface area contributed by atoms with E-state index in [1.54, 1.807) is 97.9 Å². The Bertz CT molecular complexity index is 2210. The van der Waals surface area contributed by atoms with Crippen molar-refractivity contribution < 1.29 is 57.4 Å². The van der Waals surface area contributed by atoms with Crippen LogP contribution in [0.15, 0.2) is 108 Å². The molecule has 1 amide bonds. The highest BCUT2D eigenvalue weighted by atomic mass is 16.7. The Morgan fingerprint density at radius 3 is 1.91 bits per heavy atom. The number of esters is 3. The number of aliphatic hydroxyl groups is 1. The van der Waals surface area contributed by atoms with E-state index in [0.717, 1.165) is 19.3 Å². The smallest absolute Gasteiger partial charge is 0.351 e. The Kier molecular flexibility index (Phi) is 18.8. The third-order valence-electron chi connectivity index (χ3n) is 11.5. The number of rotatable bonds is 23. The topological polar surface area (TPSA) is 226 Å². The molecule has 2 fully saturated rings. The van der Waals surface area contributed by atoms with Crippen LogP contribution in [0.25, 0.3) is 0 Å². The molecule has 0 bridgehead atoms. The third-order valence-corrected chi connectivity index (χ3v) is 11.5. The zero-order valence-corrected chi connectivity index (χ0v) is 37.3. The Morgan fingerprint density at radius 2 is 1.29 bits per heavy atom. The van der Waals surface area contributed by atoms with Crippen LogP contribution in [-0.4, -0.2) is 108 Å². The maximum Gasteiger partial charge on any atom is 0.351 e. The summed E-state index contributed by atoms with van der Waals surface area (Å²) in [6, 6.07) is 26.7. The van der Waals surface area contributed by atoms with Crippen LogP contribution in [0.4, 0.5) is 5.82 Å². The lowest BCUT2D eigenvalue weighted by Gasteiger charge is -2.44. The molecule has 4 aromatic rings. The number of carbonyl (C=O) groups excluding carboxylic acids is 4. The third kappa shape index (κ3) is 13.8. The van der Waals surface area contributed by atoms with E-state index >= 15 is 0 Å². The molecular formula is C49H60N4O13. The normalized spacial score (nSPS) is 23.7. The predicted molar refractivity (Wildman–Crippen MR) is 240 cm³/mol. The summed E-state index contributed by atoms with van der Waals surface area (Å²) in [6.45, 7) is 4.39. The van der Waals surface area contributed by atoms with Gasteiger partial charge >= 0.3 is 23.6 Å². The number of aliphatic hydroxyl groups excluding tert-OH is 1. The number of carbonyl (C=O) groups is 4. The fourth-order valence-corrected chi connectivity index (χ4v) is 7.81. The summed E-state index contributed by atoms with van der Waals surface area (Å²) in [5.41, 5.74) is 5.94. The van der Waals surface area contributed by atoms with Gasteiger partial charge < -0.3 is 49.3 Å². The highest BCUT2D eigenvalue weighted by Crippen LogP contribution is 2.34. The van der Waals surface area contributed by atoms with Crippen molar-refractivity contribution in [2.75, 3.05) is 32.1 Å². The molecule has 2 aliphatic heterocycles. The molecule has 9 atom stereocenters. The molecule has 2 aliphatic rings. The lowest BCUT2D eigenvalue weighted by molar-refractivity contribution is -0.281. The number of nitrogens with zero attached hydrogens (tertiary/aromatic N) is 2. The molecular weight excluding hydrogens is 853 g/mol. The van der Waals surface area contributed by atoms with E-state index in [0.29, 0.717) is 50.0 Å². The van der Waals surface area contributed by atoms with Gasteiger partial charge in [0.1, 0.15) is 36.8 Å². The lowest BCUT2D eigenvalue weighted by atomic mass is 9.91. The van der Waals surface area contributed by atoms with Crippen LogP contribution < -0.4 is 16.7 Å². The monoisotopic (exact) mass is 912 g/mol. The second-order valence-corrected chi connectivity index (χ2v) is 16.3. The van der Waals surface area contributed by atoms with Gasteiger partial charge in [0.05, 0.1) is 22.8 Å². The molecule has 6 rings (SSSR count). The first-order chi connectivity index (χ1) is 32.0. The number of benzene rings is 3. The number of hydrogen-bond acceptors (Lipinski definition) is 15. The number of hydrogen-bond donors (Lipinski definition) is 3. The van der Waals surface area contributed by atoms with Crippen molar-refractivity contribution >= 4 is 29.6 Å². The molecule has 4 N–H and O–H groups in total. The summed E-state index contributed by atoms with van der Waals surface area (Å²) in [4.78, 5) is 68.9. The van der Waals surface area contributed by atoms with E-state index in [1.165, 1.54) is 16.8 Å². The van der Waals surface area contributed by atoms with Crippen molar-refractivity contribution in [1.82, 2.24) is 14.9 Å². The summed E-state index contributed by atoms with van der Waals surface area (Å²) >= 11 is 0. The number of nitrogen functional groups attached to an aromatic ring is 1. The molecule has 2 saturated heterocycles. The van der Waals surface area contributed by atoms with Crippen molar-refractivity contribution in [3.05, 3.63) is 130 Å². The van der Waals surface area contributed by atoms with E-state index in [-0.39, 0.29) is 36.9 Å². The molecule has 0 saturated carbocycles. The molecule has 1 unspecified atom stereocenters. The zero-order chi connectivity index (χ0) is 46.8. The zero-order valence-electron chi connectivity index (χ0n) is 37.3. The van der Waals surface area contributed by atoms with Gasteiger partial charge in [0.25, 0.3) is 0 Å². The van der Waals surface area contributed by atoms with Gasteiger partial charge in [0.15, 0.2) is 18.6 Å². The van der Waals surface area contributed by atoms with Crippen LogP contribution in [0, 0.1) is 5.92 Å². The van der Waals surface area contributed by atoms with Gasteiger partial charge in [-0.1, -0.05) is 81.3 Å². The summed E-state index contributed by atoms with van der Waals surface area (Å²) in [6.07, 6.45) is -0.685. The minimum atomic E-state index is -1.18. The standard InChI is InChI=1S/C49H60N4O13/c1-3-36-40(55)43(44(63-36)53-28-26-38(50)52-49(53)59)60-29-17-5-4-16-27-51-39(54)25-15-18-30-61-48-32(2)41(65-46(57)34-21-11-7-12-22-34)42(66-47(58)35-23-13-8-14-24-35)37(64-48)31-62-45(56)33-19-9-6-10-20-33/h6-14,19-24,26,28,32,36-37,40-44,48,55H,3-5,15-18,25,27,29-31H2,1-2H3,(H,51,54)(H2,50,52,59)/t32-,36-,37-,40+,41-,42+,43?,44-,48-/m1/s1. The number of nitrogens with two attached hydrogens (primary N) is 1. The van der Waals surface area contributed by atoms with Crippen molar-refractivity contribution in [3.63, 3.8) is 0 Å². The van der Waals surface area contributed by atoms with Crippen LogP contribution in [0.2, 0.25) is 0 Å². The predicted octanol–water partition coefficient (Wildman–Crippen LogP) is 5.41. The van der Waals surface area contributed by atoms with Gasteiger partial charge in [0, 0.05) is 38.3 Å². The number of ether oxygens (including phenoxy) is 7. The number of unbranched alkanes of at least 4 members (excludes halogenated alkanes) is 4. The van der Waals surface area contributed by atoms with E-state index in [2.05, 4.69) is 10.3 Å². The Balaban J connectivity index is 0.955. The first kappa shape index (κ1) is 49.5. The maximum absolute atomic E-state index is 13.5. The molecule has 354 valence electrons. The number of amides is 1. The van der Waals surface area contributed by atoms with Gasteiger partial charge in [-0.2, -0.15) is 4.98 Å². The largest absolute Gasteiger partial charge is 0.459 e. The van der Waals surface area contributed by atoms with E-state index in [9.17, 15) is 29.1 Å². The van der Waals surface area contributed by atoms with E-state index in [1.807, 2.05) is 6.92 Å². The lowest BCUT2D eigenvalue weighted by Crippen LogP contribution is -2.58. The highest BCUT2D eigenvalue weighted by molar-refractivity contribution is 5.91. The van der Waals surface area contributed by atoms with Crippen LogP contribution in [0.1, 0.15) is 103 Å². The summed E-state index contributed by atoms with van der Waals surface area (Å²) in [7, 11) is 0. The van der Waals surface area contributed by atoms with Crippen LogP contribution in [-0.2, 0) is 38.0 Å². The molecule has 1 aromatic heterocycles. The SMILES string of the molecule is CC[C@H]1O[C@@H](n2ccc(N)nc2=O)C(OCCCCCCNC(=O)CCCCO[C@@H]2O[C@H](COC(=O)c3ccccc3)[C@H](OC(=O)c3ccccc3)[C@H](OC(=O)c3ccccc3)[C@H]2C)[C@H]1O. The maximum atomic E-state index is 13.5. The average molecular weight is 913 g/mol. The fraction of sp³-hybridized carbons (Fsp3) is 0.469. The van der Waals surface area contributed by atoms with Crippen molar-refractivity contribution in [1.29, 1.82) is 0 Å². The van der Waals surface area contributed by atoms with E-state index in [4.69, 9.17) is 38.9 Å². The minimum absolute atomic E-state index is 0.0870. The second-order valence-electron chi connectivity index (χ2n) is 16.3. The van der Waals surface area contributed by atoms with Crippen molar-refractivity contribution in [3.8, 4) is 0 Å². The van der Waals surface area contributed by atoms with Crippen molar-refractivity contribution in [2.24, 2.45) is 5.92 Å². The van der Waals surface area contributed by atoms with Crippen LogP contribution >= 0.6 is 0 Å². The molecule has 0 aliphatic carbocycles. The molecule has 66 heavy (non-hydrogen) atoms. The summed E-state index contributed by atoms with van der Waals surface area (Å²) in [5.74, 6) is -2.57. The van der Waals surface area contributed by atoms with Gasteiger partial charge in [-0.25, -0.2) is 19.2 Å². The fourth-order valence-electron chi connectivity index (χ4n) is 7.81. The van der Waals surface area contributed by atoms with E-state index < -0.39 is 78.7 Å². The van der Waals surface area contributed by atoms with Crippen LogP contribution in [0.5, 0.6) is 0 Å². The molecule has 17 heteroatoms. The van der Waals surface area contributed by atoms with Gasteiger partial charge in [-0.15, -0.1) is 0 Å². The molecule has 0 spiro atoms. The molecule has 3 aromatic carbocycles. The van der Waals surface area contributed by atoms with Crippen LogP contribution in [0.3, 0.4) is 0 Å². The quantitative estimate of drug-likeness (QED) is 0.0480. The van der Waals surface area contributed by atoms with Gasteiger partial charge in [-0.05, 0) is 74.6 Å². The Hall–Kier alpha value is -5.98. The van der Waals surface area contributed by atoms with Gasteiger partial charge in [0.2, 0.25) is 5.91 Å². The van der Waals surface area contributed by atoms with Gasteiger partial charge in [-0.3, -0.25) is 9.36 Å². The number of nitrogens with one attached hydrogen (secondary N) is 1. The second kappa shape index (κ2) is 25.1. The number of aromatic nitrogens is 2. The molecule has 17 nitrogen and oxygen atoms in total. The Morgan fingerprint density at radius 1 is 0.712 bits per heavy atom. The molecule has 0 radical (unpaired) electrons. The first-order valence-electron chi connectivity index (χ1n) is 22.6. The Labute approximate surface area is 383 Å². The number of anilines is 1. The summed E-state index contributed by atoms with van der Waals surface area (Å²) in [5, 5.41) is 13.8.